The van der Waals surface area contributed by atoms with E-state index in [-0.39, 0.29) is 29.6 Å². The fourth-order valence-corrected chi connectivity index (χ4v) is 0.299. The maximum atomic E-state index is 4.69. The molecule has 1 aliphatic rings. The third kappa shape index (κ3) is 2.21. The van der Waals surface area contributed by atoms with Gasteiger partial charge in [-0.05, 0) is 17.4 Å². The zero-order valence-electron chi connectivity index (χ0n) is 4.70. The van der Waals surface area contributed by atoms with Crippen molar-refractivity contribution >= 4 is 12.6 Å². The van der Waals surface area contributed by atoms with Gasteiger partial charge in [0.2, 0.25) is 0 Å². The van der Waals surface area contributed by atoms with Crippen LogP contribution in [0, 0.1) is 0 Å². The SMILES string of the molecule is CC1([S-])N=NN=N1.[Na+]. The molecule has 0 radical (unpaired) electrons. The molecule has 38 valence electrons. The van der Waals surface area contributed by atoms with Gasteiger partial charge in [0.1, 0.15) is 0 Å². The van der Waals surface area contributed by atoms with Crippen LogP contribution in [-0.2, 0) is 12.6 Å². The molecule has 0 saturated carbocycles. The fraction of sp³-hybridized carbons (Fsp3) is 1.00. The molecule has 4 nitrogen and oxygen atoms in total. The summed E-state index contributed by atoms with van der Waals surface area (Å²) in [4.78, 5) is -0.806. The number of nitrogens with zero attached hydrogens (tertiary/aromatic N) is 4. The van der Waals surface area contributed by atoms with E-state index >= 15 is 0 Å². The van der Waals surface area contributed by atoms with E-state index < -0.39 is 4.99 Å². The van der Waals surface area contributed by atoms with Crippen LogP contribution in [0.1, 0.15) is 6.92 Å². The molecule has 6 heteroatoms. The van der Waals surface area contributed by atoms with Gasteiger partial charge < -0.3 is 12.6 Å². The molecule has 1 aliphatic heterocycles. The Kier molecular flexibility index (Phi) is 3.11. The van der Waals surface area contributed by atoms with Crippen molar-refractivity contribution in [2.24, 2.45) is 20.7 Å². The standard InChI is InChI=1S/C2H4N4S.Na/c1-2(7)3-5-6-4-2;/h7H,1H3;/q;+1/p-1. The second-order valence-electron chi connectivity index (χ2n) is 1.31. The van der Waals surface area contributed by atoms with Crippen molar-refractivity contribution in [3.05, 3.63) is 0 Å². The molecule has 0 N–H and O–H groups in total. The third-order valence-corrected chi connectivity index (χ3v) is 0.664. The molecule has 0 unspecified atom stereocenters. The van der Waals surface area contributed by atoms with Crippen molar-refractivity contribution in [3.8, 4) is 0 Å². The summed E-state index contributed by atoms with van der Waals surface area (Å²) in [6.07, 6.45) is 0. The van der Waals surface area contributed by atoms with Crippen LogP contribution in [0.25, 0.3) is 0 Å². The molecule has 8 heavy (non-hydrogen) atoms. The largest absolute Gasteiger partial charge is 1.00 e. The summed E-state index contributed by atoms with van der Waals surface area (Å²) in [7, 11) is 0. The summed E-state index contributed by atoms with van der Waals surface area (Å²) >= 11 is 4.69. The van der Waals surface area contributed by atoms with Crippen LogP contribution in [0.3, 0.4) is 0 Å². The average molecular weight is 138 g/mol. The van der Waals surface area contributed by atoms with Gasteiger partial charge in [-0.2, -0.15) is 10.2 Å². The van der Waals surface area contributed by atoms with Gasteiger partial charge in [-0.3, -0.25) is 0 Å². The Morgan fingerprint density at radius 1 is 1.25 bits per heavy atom. The van der Waals surface area contributed by atoms with Gasteiger partial charge in [-0.25, -0.2) is 0 Å². The Balaban J connectivity index is 0.000000490. The molecule has 0 fully saturated rings. The van der Waals surface area contributed by atoms with Gasteiger partial charge >= 0.3 is 29.6 Å². The van der Waals surface area contributed by atoms with E-state index in [4.69, 9.17) is 0 Å². The van der Waals surface area contributed by atoms with Gasteiger partial charge in [0.05, 0.1) is 4.99 Å². The summed E-state index contributed by atoms with van der Waals surface area (Å²) < 4.78 is 0. The van der Waals surface area contributed by atoms with Crippen LogP contribution in [0.2, 0.25) is 0 Å². The first-order valence-corrected chi connectivity index (χ1v) is 2.16. The van der Waals surface area contributed by atoms with E-state index in [2.05, 4.69) is 33.3 Å². The number of hydrogen-bond acceptors (Lipinski definition) is 5. The van der Waals surface area contributed by atoms with Crippen molar-refractivity contribution in [1.29, 1.82) is 0 Å². The summed E-state index contributed by atoms with van der Waals surface area (Å²) in [5.41, 5.74) is 0. The summed E-state index contributed by atoms with van der Waals surface area (Å²) in [6.45, 7) is 1.66. The van der Waals surface area contributed by atoms with Gasteiger partial charge in [0.15, 0.2) is 0 Å². The predicted octanol–water partition coefficient (Wildman–Crippen LogP) is -1.96. The molecule has 0 saturated heterocycles. The number of hydrogen-bond donors (Lipinski definition) is 0. The number of rotatable bonds is 0. The molecule has 0 amide bonds. The van der Waals surface area contributed by atoms with Crippen LogP contribution in [-0.4, -0.2) is 4.99 Å². The van der Waals surface area contributed by atoms with Crippen molar-refractivity contribution in [3.63, 3.8) is 0 Å². The Bertz CT molecular complexity index is 116. The minimum absolute atomic E-state index is 0. The Morgan fingerprint density at radius 2 is 1.62 bits per heavy atom. The van der Waals surface area contributed by atoms with E-state index in [1.165, 1.54) is 0 Å². The molecule has 0 aromatic carbocycles. The first-order valence-electron chi connectivity index (χ1n) is 1.75. The molecule has 1 rings (SSSR count). The normalized spacial score (nSPS) is 20.8. The maximum Gasteiger partial charge on any atom is 1.00 e. The van der Waals surface area contributed by atoms with E-state index in [1.54, 1.807) is 6.92 Å². The molecule has 0 bridgehead atoms. The smallest absolute Gasteiger partial charge is 0.735 e. The first kappa shape index (κ1) is 8.55. The van der Waals surface area contributed by atoms with Crippen LogP contribution in [0.5, 0.6) is 0 Å². The molecule has 0 spiro atoms. The molecule has 0 atom stereocenters. The van der Waals surface area contributed by atoms with E-state index in [0.29, 0.717) is 0 Å². The first-order chi connectivity index (χ1) is 3.21. The van der Waals surface area contributed by atoms with Gasteiger partial charge in [-0.15, -0.1) is 0 Å². The van der Waals surface area contributed by atoms with Crippen molar-refractivity contribution in [2.75, 3.05) is 0 Å². The zero-order valence-corrected chi connectivity index (χ0v) is 7.51. The molecule has 0 aliphatic carbocycles. The van der Waals surface area contributed by atoms with Crippen molar-refractivity contribution < 1.29 is 29.6 Å². The second kappa shape index (κ2) is 2.91. The Morgan fingerprint density at radius 3 is 1.75 bits per heavy atom. The predicted molar refractivity (Wildman–Crippen MR) is 25.5 cm³/mol. The second-order valence-corrected chi connectivity index (χ2v) is 2.09. The Labute approximate surface area is 74.5 Å². The Hall–Kier alpha value is 0.550. The zero-order chi connectivity index (χ0) is 5.33. The monoisotopic (exact) mass is 138 g/mol. The minimum Gasteiger partial charge on any atom is -0.735 e. The van der Waals surface area contributed by atoms with Gasteiger partial charge in [0, 0.05) is 0 Å². The quantitative estimate of drug-likeness (QED) is 0.283. The van der Waals surface area contributed by atoms with E-state index in [1.807, 2.05) is 0 Å². The van der Waals surface area contributed by atoms with Crippen molar-refractivity contribution in [1.82, 2.24) is 0 Å². The summed E-state index contributed by atoms with van der Waals surface area (Å²) in [5, 5.41) is 13.4. The van der Waals surface area contributed by atoms with Gasteiger partial charge in [0.25, 0.3) is 0 Å². The molecular weight excluding hydrogens is 135 g/mol. The van der Waals surface area contributed by atoms with Crippen LogP contribution in [0.4, 0.5) is 0 Å². The molecule has 0 aromatic heterocycles. The van der Waals surface area contributed by atoms with Crippen LogP contribution in [0.15, 0.2) is 20.7 Å². The molecule has 0 aromatic rings. The van der Waals surface area contributed by atoms with E-state index in [0.717, 1.165) is 0 Å². The minimum atomic E-state index is -0.806. The van der Waals surface area contributed by atoms with Gasteiger partial charge in [-0.1, -0.05) is 0 Å². The fourth-order valence-electron chi connectivity index (χ4n) is 0.226. The van der Waals surface area contributed by atoms with Crippen LogP contribution < -0.4 is 29.6 Å². The van der Waals surface area contributed by atoms with E-state index in [9.17, 15) is 0 Å². The third-order valence-electron chi connectivity index (χ3n) is 0.501. The van der Waals surface area contributed by atoms with Crippen LogP contribution >= 0.6 is 0 Å². The average Bonchev–Trinajstić information content (AvgIpc) is 1.84. The maximum absolute atomic E-state index is 4.69. The van der Waals surface area contributed by atoms with Crippen molar-refractivity contribution in [2.45, 2.75) is 11.9 Å². The summed E-state index contributed by atoms with van der Waals surface area (Å²) in [6, 6.07) is 0. The summed E-state index contributed by atoms with van der Waals surface area (Å²) in [5.74, 6) is 0. The molecular formula is C2H3N4NaS. The topological polar surface area (TPSA) is 49.4 Å². The molecule has 1 heterocycles.